The molecule has 1 aromatic rings. The molecule has 0 saturated carbocycles. The van der Waals surface area contributed by atoms with Gasteiger partial charge in [0.25, 0.3) is 0 Å². The molecule has 1 aromatic carbocycles. The van der Waals surface area contributed by atoms with Crippen LogP contribution in [0.1, 0.15) is 37.8 Å². The van der Waals surface area contributed by atoms with Crippen LogP contribution in [0, 0.1) is 0 Å². The van der Waals surface area contributed by atoms with Crippen LogP contribution in [0.2, 0.25) is 0 Å². The summed E-state index contributed by atoms with van der Waals surface area (Å²) in [4.78, 5) is 11.9. The molecule has 0 aliphatic carbocycles. The third-order valence-corrected chi connectivity index (χ3v) is 3.63. The Hall–Kier alpha value is -1.23. The number of methoxy groups -OCH3 is 2. The highest BCUT2D eigenvalue weighted by atomic mass is 79.9. The van der Waals surface area contributed by atoms with Crippen molar-refractivity contribution in [1.29, 1.82) is 0 Å². The van der Waals surface area contributed by atoms with Crippen molar-refractivity contribution in [3.05, 3.63) is 23.8 Å². The van der Waals surface area contributed by atoms with Gasteiger partial charge in [-0.25, -0.2) is 0 Å². The molecule has 1 unspecified atom stereocenters. The Morgan fingerprint density at radius 3 is 2.65 bits per heavy atom. The average Bonchev–Trinajstić information content (AvgIpc) is 2.46. The van der Waals surface area contributed by atoms with Gasteiger partial charge in [-0.1, -0.05) is 15.9 Å². The number of ether oxygens (including phenoxy) is 2. The number of amides is 1. The predicted molar refractivity (Wildman–Crippen MR) is 83.7 cm³/mol. The molecule has 0 aromatic heterocycles. The Balaban J connectivity index is 2.70. The van der Waals surface area contributed by atoms with E-state index < -0.39 is 0 Å². The average molecular weight is 344 g/mol. The Labute approximate surface area is 129 Å². The molecule has 20 heavy (non-hydrogen) atoms. The van der Waals surface area contributed by atoms with Crippen LogP contribution in [0.25, 0.3) is 0 Å². The quantitative estimate of drug-likeness (QED) is 0.580. The summed E-state index contributed by atoms with van der Waals surface area (Å²) in [5.41, 5.74) is 0.917. The smallest absolute Gasteiger partial charge is 0.220 e. The van der Waals surface area contributed by atoms with Crippen molar-refractivity contribution in [3.63, 3.8) is 0 Å². The molecule has 0 fully saturated rings. The number of hydrogen-bond donors (Lipinski definition) is 1. The van der Waals surface area contributed by atoms with Gasteiger partial charge < -0.3 is 14.8 Å². The van der Waals surface area contributed by atoms with Gasteiger partial charge in [-0.05, 0) is 38.0 Å². The lowest BCUT2D eigenvalue weighted by Crippen LogP contribution is -2.26. The van der Waals surface area contributed by atoms with Crippen molar-refractivity contribution in [3.8, 4) is 11.5 Å². The number of carbonyl (C=O) groups is 1. The highest BCUT2D eigenvalue weighted by molar-refractivity contribution is 9.09. The lowest BCUT2D eigenvalue weighted by molar-refractivity contribution is -0.121. The second-order valence-electron chi connectivity index (χ2n) is 4.54. The molecule has 1 atom stereocenters. The first kappa shape index (κ1) is 16.8. The molecule has 1 rings (SSSR count). The van der Waals surface area contributed by atoms with Crippen molar-refractivity contribution in [2.45, 2.75) is 32.2 Å². The van der Waals surface area contributed by atoms with Crippen molar-refractivity contribution in [2.24, 2.45) is 0 Å². The predicted octanol–water partition coefficient (Wildman–Crippen LogP) is 3.45. The molecule has 112 valence electrons. The number of alkyl halides is 1. The summed E-state index contributed by atoms with van der Waals surface area (Å²) >= 11 is 3.36. The Morgan fingerprint density at radius 2 is 2.05 bits per heavy atom. The molecule has 0 bridgehead atoms. The third kappa shape index (κ3) is 5.04. The van der Waals surface area contributed by atoms with Gasteiger partial charge in [0.15, 0.2) is 0 Å². The second kappa shape index (κ2) is 8.84. The molecule has 0 spiro atoms. The van der Waals surface area contributed by atoms with E-state index in [1.54, 1.807) is 14.2 Å². The minimum Gasteiger partial charge on any atom is -0.497 e. The third-order valence-electron chi connectivity index (χ3n) is 3.07. The number of halogens is 1. The van der Waals surface area contributed by atoms with Gasteiger partial charge in [0.1, 0.15) is 11.5 Å². The van der Waals surface area contributed by atoms with Gasteiger partial charge in [-0.3, -0.25) is 4.79 Å². The highest BCUT2D eigenvalue weighted by Crippen LogP contribution is 2.29. The van der Waals surface area contributed by atoms with Crippen LogP contribution in [0.4, 0.5) is 0 Å². The summed E-state index contributed by atoms with van der Waals surface area (Å²) in [5, 5.41) is 3.92. The number of benzene rings is 1. The number of unbranched alkanes of at least 4 members (excludes halogenated alkanes) is 1. The zero-order chi connectivity index (χ0) is 15.0. The maximum absolute atomic E-state index is 11.9. The van der Waals surface area contributed by atoms with Gasteiger partial charge >= 0.3 is 0 Å². The second-order valence-corrected chi connectivity index (χ2v) is 5.34. The van der Waals surface area contributed by atoms with Crippen molar-refractivity contribution >= 4 is 21.8 Å². The fourth-order valence-corrected chi connectivity index (χ4v) is 2.35. The fourth-order valence-electron chi connectivity index (χ4n) is 1.95. The summed E-state index contributed by atoms with van der Waals surface area (Å²) in [7, 11) is 3.24. The minimum atomic E-state index is -0.114. The molecule has 0 heterocycles. The van der Waals surface area contributed by atoms with Crippen LogP contribution in [-0.2, 0) is 4.79 Å². The highest BCUT2D eigenvalue weighted by Gasteiger charge is 2.14. The van der Waals surface area contributed by atoms with Gasteiger partial charge in [-0.15, -0.1) is 0 Å². The van der Waals surface area contributed by atoms with Crippen LogP contribution in [-0.4, -0.2) is 25.5 Å². The zero-order valence-electron chi connectivity index (χ0n) is 12.2. The fraction of sp³-hybridized carbons (Fsp3) is 0.533. The molecular weight excluding hydrogens is 322 g/mol. The lowest BCUT2D eigenvalue weighted by atomic mass is 10.1. The van der Waals surface area contributed by atoms with Gasteiger partial charge in [0.05, 0.1) is 20.3 Å². The maximum Gasteiger partial charge on any atom is 0.220 e. The summed E-state index contributed by atoms with van der Waals surface area (Å²) in [6.07, 6.45) is 2.44. The molecule has 0 radical (unpaired) electrons. The molecule has 0 aliphatic rings. The molecule has 1 amide bonds. The number of carbonyl (C=O) groups excluding carboxylic acids is 1. The number of rotatable bonds is 8. The van der Waals surface area contributed by atoms with Crippen LogP contribution < -0.4 is 14.8 Å². The Bertz CT molecular complexity index is 437. The van der Waals surface area contributed by atoms with Crippen LogP contribution >= 0.6 is 15.9 Å². The van der Waals surface area contributed by atoms with Gasteiger partial charge in [-0.2, -0.15) is 0 Å². The Morgan fingerprint density at radius 1 is 1.30 bits per heavy atom. The van der Waals surface area contributed by atoms with E-state index in [1.807, 2.05) is 25.1 Å². The molecular formula is C15H22BrNO3. The van der Waals surface area contributed by atoms with Crippen molar-refractivity contribution in [1.82, 2.24) is 5.32 Å². The van der Waals surface area contributed by atoms with Crippen molar-refractivity contribution < 1.29 is 14.3 Å². The molecule has 5 heteroatoms. The van der Waals surface area contributed by atoms with E-state index in [4.69, 9.17) is 9.47 Å². The van der Waals surface area contributed by atoms with E-state index in [2.05, 4.69) is 21.2 Å². The van der Waals surface area contributed by atoms with Gasteiger partial charge in [0.2, 0.25) is 5.91 Å². The summed E-state index contributed by atoms with van der Waals surface area (Å²) in [5.74, 6) is 1.56. The van der Waals surface area contributed by atoms with E-state index in [9.17, 15) is 4.79 Å². The van der Waals surface area contributed by atoms with E-state index in [0.29, 0.717) is 6.42 Å². The number of hydrogen-bond acceptors (Lipinski definition) is 3. The Kier molecular flexibility index (Phi) is 7.44. The monoisotopic (exact) mass is 343 g/mol. The van der Waals surface area contributed by atoms with Gasteiger partial charge in [0, 0.05) is 17.3 Å². The van der Waals surface area contributed by atoms with E-state index >= 15 is 0 Å². The zero-order valence-corrected chi connectivity index (χ0v) is 13.8. The van der Waals surface area contributed by atoms with E-state index in [1.165, 1.54) is 0 Å². The molecule has 0 saturated heterocycles. The molecule has 1 N–H and O–H groups in total. The number of nitrogens with one attached hydrogen (secondary N) is 1. The topological polar surface area (TPSA) is 47.6 Å². The summed E-state index contributed by atoms with van der Waals surface area (Å²) in [6, 6.07) is 5.47. The van der Waals surface area contributed by atoms with Crippen LogP contribution in [0.3, 0.4) is 0 Å². The SMILES string of the molecule is COc1ccc(OC)c(C(C)NC(=O)CCCCBr)c1. The van der Waals surface area contributed by atoms with Crippen LogP contribution in [0.5, 0.6) is 11.5 Å². The van der Waals surface area contributed by atoms with E-state index in [-0.39, 0.29) is 11.9 Å². The lowest BCUT2D eigenvalue weighted by Gasteiger charge is -2.18. The van der Waals surface area contributed by atoms with Crippen molar-refractivity contribution in [2.75, 3.05) is 19.5 Å². The normalized spacial score (nSPS) is 11.8. The van der Waals surface area contributed by atoms with Crippen LogP contribution in [0.15, 0.2) is 18.2 Å². The molecule has 4 nitrogen and oxygen atoms in total. The minimum absolute atomic E-state index is 0.0586. The summed E-state index contributed by atoms with van der Waals surface area (Å²) < 4.78 is 10.5. The largest absolute Gasteiger partial charge is 0.497 e. The van der Waals surface area contributed by atoms with E-state index in [0.717, 1.165) is 35.2 Å². The maximum atomic E-state index is 11.9. The first-order chi connectivity index (χ1) is 9.62. The summed E-state index contributed by atoms with van der Waals surface area (Å²) in [6.45, 7) is 1.94. The standard InChI is InChI=1S/C15H22BrNO3/c1-11(17-15(18)6-4-5-9-16)13-10-12(19-2)7-8-14(13)20-3/h7-8,10-11H,4-6,9H2,1-3H3,(H,17,18). The first-order valence-corrected chi connectivity index (χ1v) is 7.81. The molecule has 0 aliphatic heterocycles. The first-order valence-electron chi connectivity index (χ1n) is 6.69.